The van der Waals surface area contributed by atoms with Crippen LogP contribution in [0.4, 0.5) is 17.1 Å². The number of oxazole rings is 1. The van der Waals surface area contributed by atoms with Crippen molar-refractivity contribution in [2.24, 2.45) is 0 Å². The Kier molecular flexibility index (Phi) is 6.15. The highest BCUT2D eigenvalue weighted by molar-refractivity contribution is 6.19. The number of benzene rings is 8. The van der Waals surface area contributed by atoms with Gasteiger partial charge in [0.25, 0.3) is 0 Å². The maximum Gasteiger partial charge on any atom is 0.227 e. The quantitative estimate of drug-likeness (QED) is 0.178. The molecule has 0 amide bonds. The van der Waals surface area contributed by atoms with Gasteiger partial charge in [0.05, 0.1) is 11.0 Å². The van der Waals surface area contributed by atoms with Crippen molar-refractivity contribution in [1.29, 1.82) is 0 Å². The summed E-state index contributed by atoms with van der Waals surface area (Å²) in [5.41, 5.74) is 9.33. The number of rotatable bonds is 5. The molecule has 0 atom stereocenters. The number of anilines is 3. The number of aromatic nitrogens is 2. The summed E-state index contributed by atoms with van der Waals surface area (Å²) in [7, 11) is 0. The van der Waals surface area contributed by atoms with E-state index in [0.29, 0.717) is 5.89 Å². The van der Waals surface area contributed by atoms with Gasteiger partial charge >= 0.3 is 0 Å². The molecule has 0 bridgehead atoms. The van der Waals surface area contributed by atoms with Crippen molar-refractivity contribution in [1.82, 2.24) is 9.55 Å². The first-order valence-corrected chi connectivity index (χ1v) is 16.6. The summed E-state index contributed by atoms with van der Waals surface area (Å²) in [4.78, 5) is 7.24. The normalized spacial score (nSPS) is 11.7. The minimum absolute atomic E-state index is 0.629. The fourth-order valence-corrected chi connectivity index (χ4v) is 7.33. The summed E-state index contributed by atoms with van der Waals surface area (Å²) in [6.07, 6.45) is 0. The zero-order valence-electron chi connectivity index (χ0n) is 26.5. The summed E-state index contributed by atoms with van der Waals surface area (Å²) < 4.78 is 8.92. The van der Waals surface area contributed by atoms with Crippen LogP contribution in [0.5, 0.6) is 0 Å². The molecule has 2 heterocycles. The molecule has 49 heavy (non-hydrogen) atoms. The molecule has 0 fully saturated rings. The van der Waals surface area contributed by atoms with E-state index in [2.05, 4.69) is 155 Å². The maximum atomic E-state index is 6.55. The lowest BCUT2D eigenvalue weighted by atomic mass is 10.00. The van der Waals surface area contributed by atoms with Gasteiger partial charge in [-0.2, -0.15) is 0 Å². The lowest BCUT2D eigenvalue weighted by Gasteiger charge is -2.26. The Balaban J connectivity index is 1.22. The van der Waals surface area contributed by atoms with Gasteiger partial charge in [-0.3, -0.25) is 0 Å². The Morgan fingerprint density at radius 2 is 1.10 bits per heavy atom. The second kappa shape index (κ2) is 11.0. The van der Waals surface area contributed by atoms with Crippen LogP contribution in [0.2, 0.25) is 0 Å². The number of nitrogens with zero attached hydrogens (tertiary/aromatic N) is 3. The monoisotopic (exact) mass is 627 g/mol. The molecule has 0 aliphatic rings. The standard InChI is InChI=1S/C45H29N3O/c1-4-12-32(13-5-1)45-46-40-27-23-31-21-20-30-22-24-35(28-39(30)43(31)44(40)49-45)47(33-14-6-2-7-15-33)36-25-26-38-37-18-10-11-19-41(37)48(42(38)29-36)34-16-8-3-9-17-34/h1-29H. The van der Waals surface area contributed by atoms with Crippen molar-refractivity contribution >= 4 is 71.5 Å². The number of fused-ring (bicyclic) bond motifs is 8. The van der Waals surface area contributed by atoms with E-state index >= 15 is 0 Å². The number of hydrogen-bond acceptors (Lipinski definition) is 3. The maximum absolute atomic E-state index is 6.55. The van der Waals surface area contributed by atoms with Crippen molar-refractivity contribution in [3.8, 4) is 17.1 Å². The lowest BCUT2D eigenvalue weighted by molar-refractivity contribution is 0.623. The SMILES string of the molecule is c1ccc(-c2nc3ccc4ccc5ccc(N(c6ccccc6)c6ccc7c8ccccc8n(-c8ccccc8)c7c6)cc5c4c3o2)cc1. The Labute approximate surface area is 282 Å². The van der Waals surface area contributed by atoms with E-state index in [4.69, 9.17) is 9.40 Å². The van der Waals surface area contributed by atoms with Crippen LogP contribution < -0.4 is 4.90 Å². The van der Waals surface area contributed by atoms with Gasteiger partial charge in [-0.15, -0.1) is 0 Å². The highest BCUT2D eigenvalue weighted by atomic mass is 16.3. The molecular weight excluding hydrogens is 599 g/mol. The van der Waals surface area contributed by atoms with Gasteiger partial charge in [0.2, 0.25) is 5.89 Å². The molecule has 2 aromatic heterocycles. The molecular formula is C45H29N3O. The Hall–Kier alpha value is -6.65. The number of para-hydroxylation sites is 3. The fourth-order valence-electron chi connectivity index (χ4n) is 7.33. The molecule has 0 spiro atoms. The summed E-state index contributed by atoms with van der Waals surface area (Å²) in [6, 6.07) is 62.1. The average Bonchev–Trinajstić information content (AvgIpc) is 3.75. The van der Waals surface area contributed by atoms with E-state index in [-0.39, 0.29) is 0 Å². The van der Waals surface area contributed by atoms with Gasteiger partial charge in [-0.25, -0.2) is 4.98 Å². The van der Waals surface area contributed by atoms with Crippen molar-refractivity contribution in [3.63, 3.8) is 0 Å². The van der Waals surface area contributed by atoms with Crippen LogP contribution in [-0.2, 0) is 0 Å². The van der Waals surface area contributed by atoms with Gasteiger partial charge in [-0.1, -0.05) is 103 Å². The zero-order valence-corrected chi connectivity index (χ0v) is 26.5. The number of hydrogen-bond donors (Lipinski definition) is 0. The van der Waals surface area contributed by atoms with Crippen LogP contribution in [0, 0.1) is 0 Å². The highest BCUT2D eigenvalue weighted by Gasteiger charge is 2.19. The van der Waals surface area contributed by atoms with Crippen molar-refractivity contribution < 1.29 is 4.42 Å². The van der Waals surface area contributed by atoms with Crippen molar-refractivity contribution in [3.05, 3.63) is 176 Å². The third-order valence-corrected chi connectivity index (χ3v) is 9.56. The molecule has 230 valence electrons. The molecule has 4 nitrogen and oxygen atoms in total. The molecule has 10 aromatic rings. The van der Waals surface area contributed by atoms with Crippen LogP contribution in [0.15, 0.2) is 180 Å². The van der Waals surface area contributed by atoms with Crippen molar-refractivity contribution in [2.45, 2.75) is 0 Å². The van der Waals surface area contributed by atoms with Gasteiger partial charge in [0, 0.05) is 44.5 Å². The molecule has 0 unspecified atom stereocenters. The third kappa shape index (κ3) is 4.42. The first-order chi connectivity index (χ1) is 24.3. The van der Waals surface area contributed by atoms with Crippen LogP contribution in [0.3, 0.4) is 0 Å². The molecule has 0 aliphatic carbocycles. The molecule has 0 saturated carbocycles. The molecule has 0 radical (unpaired) electrons. The summed E-state index contributed by atoms with van der Waals surface area (Å²) >= 11 is 0. The van der Waals surface area contributed by atoms with E-state index in [1.165, 1.54) is 16.3 Å². The second-order valence-electron chi connectivity index (χ2n) is 12.4. The largest absolute Gasteiger partial charge is 0.435 e. The summed E-state index contributed by atoms with van der Waals surface area (Å²) in [5, 5.41) is 6.92. The van der Waals surface area contributed by atoms with E-state index < -0.39 is 0 Å². The predicted molar refractivity (Wildman–Crippen MR) is 203 cm³/mol. The molecule has 0 N–H and O–H groups in total. The molecule has 10 rings (SSSR count). The predicted octanol–water partition coefficient (Wildman–Crippen LogP) is 12.4. The topological polar surface area (TPSA) is 34.2 Å². The molecule has 0 aliphatic heterocycles. The minimum Gasteiger partial charge on any atom is -0.435 e. The van der Waals surface area contributed by atoms with Gasteiger partial charge in [-0.05, 0) is 89.0 Å². The van der Waals surface area contributed by atoms with Crippen LogP contribution in [0.1, 0.15) is 0 Å². The van der Waals surface area contributed by atoms with E-state index in [1.54, 1.807) is 0 Å². The van der Waals surface area contributed by atoms with Crippen LogP contribution >= 0.6 is 0 Å². The first kappa shape index (κ1) is 27.5. The Bertz CT molecular complexity index is 2820. The average molecular weight is 628 g/mol. The first-order valence-electron chi connectivity index (χ1n) is 16.6. The van der Waals surface area contributed by atoms with Gasteiger partial charge in [0.15, 0.2) is 5.58 Å². The van der Waals surface area contributed by atoms with Crippen molar-refractivity contribution in [2.75, 3.05) is 4.90 Å². The smallest absolute Gasteiger partial charge is 0.227 e. The minimum atomic E-state index is 0.629. The second-order valence-corrected chi connectivity index (χ2v) is 12.4. The summed E-state index contributed by atoms with van der Waals surface area (Å²) in [5.74, 6) is 0.629. The van der Waals surface area contributed by atoms with Gasteiger partial charge in [0.1, 0.15) is 5.52 Å². The zero-order chi connectivity index (χ0) is 32.3. The van der Waals surface area contributed by atoms with E-state index in [0.717, 1.165) is 66.5 Å². The lowest BCUT2D eigenvalue weighted by Crippen LogP contribution is -2.10. The third-order valence-electron chi connectivity index (χ3n) is 9.56. The highest BCUT2D eigenvalue weighted by Crippen LogP contribution is 2.42. The molecule has 8 aromatic carbocycles. The van der Waals surface area contributed by atoms with Gasteiger partial charge < -0.3 is 13.9 Å². The van der Waals surface area contributed by atoms with Crippen LogP contribution in [0.25, 0.3) is 71.6 Å². The van der Waals surface area contributed by atoms with E-state index in [1.807, 2.05) is 30.3 Å². The van der Waals surface area contributed by atoms with E-state index in [9.17, 15) is 0 Å². The Morgan fingerprint density at radius 3 is 1.94 bits per heavy atom. The summed E-state index contributed by atoms with van der Waals surface area (Å²) in [6.45, 7) is 0. The molecule has 0 saturated heterocycles. The molecule has 4 heteroatoms. The van der Waals surface area contributed by atoms with Crippen LogP contribution in [-0.4, -0.2) is 9.55 Å². The Morgan fingerprint density at radius 1 is 0.469 bits per heavy atom. The fraction of sp³-hybridized carbons (Fsp3) is 0.